The highest BCUT2D eigenvalue weighted by molar-refractivity contribution is 9.10. The summed E-state index contributed by atoms with van der Waals surface area (Å²) in [5.74, 6) is 1.57. The Bertz CT molecular complexity index is 584. The molecular weight excluding hydrogens is 322 g/mol. The molecule has 0 spiro atoms. The number of aryl methyl sites for hydroxylation is 1. The fourth-order valence-corrected chi connectivity index (χ4v) is 2.28. The largest absolute Gasteiger partial charge is 0.495 e. The van der Waals surface area contributed by atoms with Crippen LogP contribution in [0.1, 0.15) is 5.69 Å². The van der Waals surface area contributed by atoms with Gasteiger partial charge in [-0.25, -0.2) is 4.98 Å². The number of nitrogens with one attached hydrogen (secondary N) is 1. The highest BCUT2D eigenvalue weighted by atomic mass is 79.9. The lowest BCUT2D eigenvalue weighted by atomic mass is 10.3. The molecule has 0 saturated carbocycles. The third-order valence-corrected chi connectivity index (χ3v) is 3.50. The summed E-state index contributed by atoms with van der Waals surface area (Å²) < 4.78 is 13.4. The molecule has 0 aliphatic rings. The first kappa shape index (κ1) is 14.9. The lowest BCUT2D eigenvalue weighted by molar-refractivity contribution is 0.188. The second-order valence-electron chi connectivity index (χ2n) is 4.37. The number of nitrogens with zero attached hydrogens (tertiary/aromatic N) is 2. The summed E-state index contributed by atoms with van der Waals surface area (Å²) >= 11 is 3.44. The van der Waals surface area contributed by atoms with E-state index in [1.165, 1.54) is 0 Å². The number of hydrogen-bond acceptors (Lipinski definition) is 4. The Kier molecular flexibility index (Phi) is 5.03. The average Bonchev–Trinajstić information content (AvgIpc) is 2.78. The van der Waals surface area contributed by atoms with Crippen molar-refractivity contribution in [2.45, 2.75) is 13.5 Å². The molecule has 0 amide bonds. The molecule has 0 atom stereocenters. The van der Waals surface area contributed by atoms with Gasteiger partial charge < -0.3 is 19.4 Å². The molecule has 0 bridgehead atoms. The number of benzene rings is 1. The van der Waals surface area contributed by atoms with E-state index in [0.29, 0.717) is 6.61 Å². The van der Waals surface area contributed by atoms with Gasteiger partial charge in [-0.1, -0.05) is 0 Å². The van der Waals surface area contributed by atoms with Crippen molar-refractivity contribution in [2.24, 2.45) is 0 Å². The molecule has 2 aromatic rings. The summed E-state index contributed by atoms with van der Waals surface area (Å²) in [4.78, 5) is 4.48. The van der Waals surface area contributed by atoms with E-state index in [2.05, 4.69) is 26.2 Å². The quantitative estimate of drug-likeness (QED) is 0.876. The number of imidazole rings is 1. The molecule has 0 unspecified atom stereocenters. The summed E-state index contributed by atoms with van der Waals surface area (Å²) in [5.41, 5.74) is 1.89. The lowest BCUT2D eigenvalue weighted by Crippen LogP contribution is -2.07. The van der Waals surface area contributed by atoms with Gasteiger partial charge in [0.25, 0.3) is 0 Å². The van der Waals surface area contributed by atoms with Crippen LogP contribution in [0.3, 0.4) is 0 Å². The average molecular weight is 340 g/mol. The number of methoxy groups -OCH3 is 2. The van der Waals surface area contributed by atoms with Gasteiger partial charge in [-0.15, -0.1) is 0 Å². The van der Waals surface area contributed by atoms with Crippen molar-refractivity contribution in [3.63, 3.8) is 0 Å². The van der Waals surface area contributed by atoms with Crippen molar-refractivity contribution >= 4 is 27.6 Å². The number of ether oxygens (including phenoxy) is 2. The molecule has 0 fully saturated rings. The molecule has 1 aromatic carbocycles. The molecule has 2 rings (SSSR count). The topological polar surface area (TPSA) is 48.3 Å². The minimum absolute atomic E-state index is 0.647. The minimum atomic E-state index is 0.647. The van der Waals surface area contributed by atoms with Gasteiger partial charge in [0.05, 0.1) is 23.9 Å². The molecule has 1 aromatic heterocycles. The van der Waals surface area contributed by atoms with Crippen molar-refractivity contribution < 1.29 is 9.47 Å². The van der Waals surface area contributed by atoms with E-state index < -0.39 is 0 Å². The van der Waals surface area contributed by atoms with Crippen LogP contribution in [0.4, 0.5) is 11.6 Å². The zero-order valence-electron chi connectivity index (χ0n) is 11.8. The zero-order chi connectivity index (χ0) is 14.5. The Morgan fingerprint density at radius 1 is 1.35 bits per heavy atom. The first-order valence-electron chi connectivity index (χ1n) is 6.27. The van der Waals surface area contributed by atoms with Crippen LogP contribution in [0.25, 0.3) is 0 Å². The van der Waals surface area contributed by atoms with Crippen molar-refractivity contribution in [1.82, 2.24) is 9.55 Å². The number of halogens is 1. The van der Waals surface area contributed by atoms with Gasteiger partial charge in [0.15, 0.2) is 0 Å². The monoisotopic (exact) mass is 339 g/mol. The number of rotatable bonds is 6. The van der Waals surface area contributed by atoms with Crippen molar-refractivity contribution in [3.05, 3.63) is 34.6 Å². The van der Waals surface area contributed by atoms with Gasteiger partial charge in [0.1, 0.15) is 5.75 Å². The van der Waals surface area contributed by atoms with Gasteiger partial charge in [0, 0.05) is 31.6 Å². The van der Waals surface area contributed by atoms with Crippen LogP contribution in [0.2, 0.25) is 0 Å². The third-order valence-electron chi connectivity index (χ3n) is 2.84. The van der Waals surface area contributed by atoms with Gasteiger partial charge in [0.2, 0.25) is 5.95 Å². The van der Waals surface area contributed by atoms with E-state index in [9.17, 15) is 0 Å². The molecule has 0 aliphatic heterocycles. The van der Waals surface area contributed by atoms with Crippen molar-refractivity contribution in [3.8, 4) is 5.75 Å². The highest BCUT2D eigenvalue weighted by Crippen LogP contribution is 2.29. The molecule has 0 saturated heterocycles. The zero-order valence-corrected chi connectivity index (χ0v) is 13.4. The maximum atomic E-state index is 5.29. The van der Waals surface area contributed by atoms with Crippen LogP contribution < -0.4 is 10.1 Å². The minimum Gasteiger partial charge on any atom is -0.495 e. The first-order valence-corrected chi connectivity index (χ1v) is 7.06. The molecule has 20 heavy (non-hydrogen) atoms. The Morgan fingerprint density at radius 2 is 2.15 bits per heavy atom. The summed E-state index contributed by atoms with van der Waals surface area (Å²) in [7, 11) is 3.34. The highest BCUT2D eigenvalue weighted by Gasteiger charge is 2.07. The first-order chi connectivity index (χ1) is 9.63. The van der Waals surface area contributed by atoms with Crippen LogP contribution in [-0.2, 0) is 11.3 Å². The van der Waals surface area contributed by atoms with Crippen LogP contribution in [0.5, 0.6) is 5.75 Å². The van der Waals surface area contributed by atoms with Crippen LogP contribution >= 0.6 is 15.9 Å². The van der Waals surface area contributed by atoms with Gasteiger partial charge in [-0.05, 0) is 35.0 Å². The number of hydrogen-bond donors (Lipinski definition) is 1. The predicted molar refractivity (Wildman–Crippen MR) is 82.8 cm³/mol. The number of aromatic nitrogens is 2. The SMILES string of the molecule is COCCn1cc(C)nc1Nc1ccc(Br)c(OC)c1. The van der Waals surface area contributed by atoms with Crippen molar-refractivity contribution in [1.29, 1.82) is 0 Å². The van der Waals surface area contributed by atoms with Crippen LogP contribution in [0.15, 0.2) is 28.9 Å². The summed E-state index contributed by atoms with van der Waals surface area (Å²) in [6, 6.07) is 5.84. The van der Waals surface area contributed by atoms with E-state index in [-0.39, 0.29) is 0 Å². The Morgan fingerprint density at radius 3 is 2.85 bits per heavy atom. The molecule has 6 heteroatoms. The fourth-order valence-electron chi connectivity index (χ4n) is 1.87. The molecule has 0 radical (unpaired) electrons. The normalized spacial score (nSPS) is 10.6. The van der Waals surface area contributed by atoms with Gasteiger partial charge >= 0.3 is 0 Å². The summed E-state index contributed by atoms with van der Waals surface area (Å²) in [6.07, 6.45) is 2.00. The lowest BCUT2D eigenvalue weighted by Gasteiger charge is -2.11. The van der Waals surface area contributed by atoms with Crippen molar-refractivity contribution in [2.75, 3.05) is 26.1 Å². The second kappa shape index (κ2) is 6.76. The molecule has 108 valence electrons. The standard InChI is InChI=1S/C14H18BrN3O2/c1-10-9-18(6-7-19-2)14(16-10)17-11-4-5-12(15)13(8-11)20-3/h4-5,8-9H,6-7H2,1-3H3,(H,16,17). The molecular formula is C14H18BrN3O2. The number of anilines is 2. The molecule has 0 aliphatic carbocycles. The second-order valence-corrected chi connectivity index (χ2v) is 5.22. The molecule has 1 N–H and O–H groups in total. The predicted octanol–water partition coefficient (Wildman–Crippen LogP) is 3.35. The summed E-state index contributed by atoms with van der Waals surface area (Å²) in [5, 5.41) is 3.30. The fraction of sp³-hybridized carbons (Fsp3) is 0.357. The Balaban J connectivity index is 2.20. The van der Waals surface area contributed by atoms with E-state index in [0.717, 1.165) is 34.1 Å². The van der Waals surface area contributed by atoms with Crippen LogP contribution in [-0.4, -0.2) is 30.4 Å². The van der Waals surface area contributed by atoms with E-state index in [4.69, 9.17) is 9.47 Å². The smallest absolute Gasteiger partial charge is 0.207 e. The van der Waals surface area contributed by atoms with E-state index in [1.54, 1.807) is 14.2 Å². The van der Waals surface area contributed by atoms with Crippen LogP contribution in [0, 0.1) is 6.92 Å². The van der Waals surface area contributed by atoms with Gasteiger partial charge in [-0.3, -0.25) is 0 Å². The molecule has 1 heterocycles. The summed E-state index contributed by atoms with van der Waals surface area (Å²) in [6.45, 7) is 3.37. The van der Waals surface area contributed by atoms with E-state index >= 15 is 0 Å². The molecule has 5 nitrogen and oxygen atoms in total. The maximum absolute atomic E-state index is 5.29. The third kappa shape index (κ3) is 3.52. The van der Waals surface area contributed by atoms with Gasteiger partial charge in [-0.2, -0.15) is 0 Å². The Labute approximate surface area is 127 Å². The Hall–Kier alpha value is -1.53. The van der Waals surface area contributed by atoms with E-state index in [1.807, 2.05) is 35.9 Å². The maximum Gasteiger partial charge on any atom is 0.207 e.